The van der Waals surface area contributed by atoms with Gasteiger partial charge in [0.15, 0.2) is 0 Å². The fourth-order valence-electron chi connectivity index (χ4n) is 2.27. The summed E-state index contributed by atoms with van der Waals surface area (Å²) in [5.41, 5.74) is 0. The van der Waals surface area contributed by atoms with Gasteiger partial charge in [-0.3, -0.25) is 0 Å². The van der Waals surface area contributed by atoms with Gasteiger partial charge in [0.25, 0.3) is 0 Å². The largest absolute Gasteiger partial charge is 0.319 e. The van der Waals surface area contributed by atoms with Crippen LogP contribution in [0.1, 0.15) is 47.0 Å². The second-order valence-corrected chi connectivity index (χ2v) is 4.52. The third kappa shape index (κ3) is 5.30. The highest BCUT2D eigenvalue weighted by Crippen LogP contribution is 2.25. The molecule has 1 nitrogen and oxygen atoms in total. The molecule has 1 heteroatoms. The van der Waals surface area contributed by atoms with Crippen LogP contribution in [0.2, 0.25) is 0 Å². The Morgan fingerprint density at radius 2 is 1.54 bits per heavy atom. The molecule has 0 aromatic carbocycles. The van der Waals surface area contributed by atoms with E-state index in [1.54, 1.807) is 0 Å². The van der Waals surface area contributed by atoms with Gasteiger partial charge >= 0.3 is 0 Å². The summed E-state index contributed by atoms with van der Waals surface area (Å²) in [5.74, 6) is 2.62. The van der Waals surface area contributed by atoms with Gasteiger partial charge in [0, 0.05) is 0 Å². The molecule has 0 aliphatic heterocycles. The first-order valence-electron chi connectivity index (χ1n) is 5.80. The van der Waals surface area contributed by atoms with E-state index >= 15 is 0 Å². The first kappa shape index (κ1) is 13.0. The number of hydrogen-bond donors (Lipinski definition) is 1. The van der Waals surface area contributed by atoms with Crippen LogP contribution in [-0.4, -0.2) is 13.6 Å². The van der Waals surface area contributed by atoms with Crippen LogP contribution < -0.4 is 5.32 Å². The quantitative estimate of drug-likeness (QED) is 0.641. The monoisotopic (exact) mass is 185 g/mol. The molecule has 1 atom stereocenters. The van der Waals surface area contributed by atoms with Gasteiger partial charge in [-0.25, -0.2) is 0 Å². The van der Waals surface area contributed by atoms with E-state index < -0.39 is 0 Å². The predicted octanol–water partition coefficient (Wildman–Crippen LogP) is 3.30. The molecule has 0 radical (unpaired) electrons. The van der Waals surface area contributed by atoms with Gasteiger partial charge in [-0.05, 0) is 37.8 Å². The average molecular weight is 185 g/mol. The summed E-state index contributed by atoms with van der Waals surface area (Å²) in [7, 11) is 2.07. The molecule has 0 heterocycles. The molecule has 0 aliphatic rings. The van der Waals surface area contributed by atoms with Gasteiger partial charge in [-0.1, -0.05) is 40.5 Å². The van der Waals surface area contributed by atoms with Gasteiger partial charge < -0.3 is 5.32 Å². The molecular formula is C12H27N. The van der Waals surface area contributed by atoms with Crippen molar-refractivity contribution in [3.05, 3.63) is 0 Å². The summed E-state index contributed by atoms with van der Waals surface area (Å²) in [6.45, 7) is 10.5. The van der Waals surface area contributed by atoms with Crippen molar-refractivity contribution in [3.8, 4) is 0 Å². The average Bonchev–Trinajstić information content (AvgIpc) is 2.05. The lowest BCUT2D eigenvalue weighted by molar-refractivity contribution is 0.261. The van der Waals surface area contributed by atoms with Crippen molar-refractivity contribution in [1.82, 2.24) is 5.32 Å². The van der Waals surface area contributed by atoms with Crippen molar-refractivity contribution in [3.63, 3.8) is 0 Å². The predicted molar refractivity (Wildman–Crippen MR) is 60.9 cm³/mol. The Hall–Kier alpha value is -0.0400. The van der Waals surface area contributed by atoms with Crippen molar-refractivity contribution in [2.45, 2.75) is 47.0 Å². The molecule has 0 spiro atoms. The number of nitrogens with one attached hydrogen (secondary N) is 1. The van der Waals surface area contributed by atoms with E-state index in [1.807, 2.05) is 0 Å². The van der Waals surface area contributed by atoms with Crippen LogP contribution in [0.5, 0.6) is 0 Å². The molecule has 0 saturated heterocycles. The number of hydrogen-bond acceptors (Lipinski definition) is 1. The minimum Gasteiger partial charge on any atom is -0.319 e. The Morgan fingerprint density at radius 3 is 1.85 bits per heavy atom. The van der Waals surface area contributed by atoms with Gasteiger partial charge in [-0.15, -0.1) is 0 Å². The van der Waals surface area contributed by atoms with Crippen LogP contribution in [0.25, 0.3) is 0 Å². The standard InChI is InChI=1S/C12H27N/c1-6-11(7-2)12(9-13-5)8-10(3)4/h10-13H,6-9H2,1-5H3. The van der Waals surface area contributed by atoms with Crippen molar-refractivity contribution >= 4 is 0 Å². The SMILES string of the molecule is CCC(CC)C(CNC)CC(C)C. The highest BCUT2D eigenvalue weighted by molar-refractivity contribution is 4.71. The molecule has 1 N–H and O–H groups in total. The van der Waals surface area contributed by atoms with E-state index in [0.717, 1.165) is 17.8 Å². The summed E-state index contributed by atoms with van der Waals surface area (Å²) < 4.78 is 0. The third-order valence-electron chi connectivity index (χ3n) is 2.96. The van der Waals surface area contributed by atoms with E-state index in [-0.39, 0.29) is 0 Å². The maximum absolute atomic E-state index is 3.32. The summed E-state index contributed by atoms with van der Waals surface area (Å²) in [4.78, 5) is 0. The summed E-state index contributed by atoms with van der Waals surface area (Å²) in [6, 6.07) is 0. The fourth-order valence-corrected chi connectivity index (χ4v) is 2.27. The lowest BCUT2D eigenvalue weighted by Crippen LogP contribution is -2.26. The Morgan fingerprint density at radius 1 is 1.00 bits per heavy atom. The summed E-state index contributed by atoms with van der Waals surface area (Å²) in [6.07, 6.45) is 4.03. The molecule has 13 heavy (non-hydrogen) atoms. The second kappa shape index (κ2) is 7.37. The highest BCUT2D eigenvalue weighted by atomic mass is 14.8. The van der Waals surface area contributed by atoms with E-state index in [9.17, 15) is 0 Å². The zero-order valence-corrected chi connectivity index (χ0v) is 10.1. The van der Waals surface area contributed by atoms with Crippen LogP contribution in [0.3, 0.4) is 0 Å². The summed E-state index contributed by atoms with van der Waals surface area (Å²) >= 11 is 0. The van der Waals surface area contributed by atoms with E-state index in [2.05, 4.69) is 40.1 Å². The lowest BCUT2D eigenvalue weighted by Gasteiger charge is -2.26. The fraction of sp³-hybridized carbons (Fsp3) is 1.00. The van der Waals surface area contributed by atoms with Crippen molar-refractivity contribution in [1.29, 1.82) is 0 Å². The topological polar surface area (TPSA) is 12.0 Å². The van der Waals surface area contributed by atoms with Crippen molar-refractivity contribution in [2.24, 2.45) is 17.8 Å². The first-order valence-corrected chi connectivity index (χ1v) is 5.80. The van der Waals surface area contributed by atoms with Crippen LogP contribution in [0, 0.1) is 17.8 Å². The maximum atomic E-state index is 3.32. The van der Waals surface area contributed by atoms with Crippen LogP contribution >= 0.6 is 0 Å². The molecule has 0 saturated carbocycles. The van der Waals surface area contributed by atoms with E-state index in [4.69, 9.17) is 0 Å². The molecule has 0 fully saturated rings. The first-order chi connectivity index (χ1) is 6.15. The molecule has 0 rings (SSSR count). The molecule has 0 aliphatic carbocycles. The number of rotatable bonds is 7. The normalized spacial score (nSPS) is 14.1. The third-order valence-corrected chi connectivity index (χ3v) is 2.96. The molecule has 0 aromatic rings. The maximum Gasteiger partial charge on any atom is -0.00208 e. The highest BCUT2D eigenvalue weighted by Gasteiger charge is 2.18. The van der Waals surface area contributed by atoms with Crippen molar-refractivity contribution < 1.29 is 0 Å². The minimum atomic E-state index is 0.832. The molecule has 1 unspecified atom stereocenters. The van der Waals surface area contributed by atoms with Gasteiger partial charge in [0.2, 0.25) is 0 Å². The van der Waals surface area contributed by atoms with E-state index in [0.29, 0.717) is 0 Å². The van der Waals surface area contributed by atoms with Crippen LogP contribution in [0.15, 0.2) is 0 Å². The zero-order chi connectivity index (χ0) is 10.3. The van der Waals surface area contributed by atoms with Crippen LogP contribution in [0.4, 0.5) is 0 Å². The zero-order valence-electron chi connectivity index (χ0n) is 10.1. The van der Waals surface area contributed by atoms with Gasteiger partial charge in [0.05, 0.1) is 0 Å². The lowest BCUT2D eigenvalue weighted by atomic mass is 9.82. The summed E-state index contributed by atoms with van der Waals surface area (Å²) in [5, 5.41) is 3.32. The van der Waals surface area contributed by atoms with Gasteiger partial charge in [0.1, 0.15) is 0 Å². The molecule has 0 aromatic heterocycles. The Labute approximate surface area is 84.3 Å². The molecular weight excluding hydrogens is 158 g/mol. The molecule has 0 bridgehead atoms. The Bertz CT molecular complexity index is 106. The Balaban J connectivity index is 4.03. The molecule has 0 amide bonds. The van der Waals surface area contributed by atoms with Crippen LogP contribution in [-0.2, 0) is 0 Å². The van der Waals surface area contributed by atoms with E-state index in [1.165, 1.54) is 25.8 Å². The minimum absolute atomic E-state index is 0.832. The smallest absolute Gasteiger partial charge is 0.00208 e. The second-order valence-electron chi connectivity index (χ2n) is 4.52. The molecule has 80 valence electrons. The Kier molecular flexibility index (Phi) is 7.35. The van der Waals surface area contributed by atoms with Crippen molar-refractivity contribution in [2.75, 3.05) is 13.6 Å². The van der Waals surface area contributed by atoms with Gasteiger partial charge in [-0.2, -0.15) is 0 Å².